The van der Waals surface area contributed by atoms with Crippen LogP contribution in [-0.2, 0) is 19.7 Å². The van der Waals surface area contributed by atoms with Crippen LogP contribution in [0.25, 0.3) is 0 Å². The standard InChI is InChI=1S/C18H21N5O/c1-2-9-23-14-21-18(22-23)20-12-15-5-3-7-17(10-15)24-13-16-6-4-8-19-11-16/h3-8,10-11,14H,2,9,12-13H2,1H3,(H,20,22). The SMILES string of the molecule is CCCn1cnc(NCc2cccc(OCc3cccnc3)c2)n1. The molecule has 0 saturated heterocycles. The van der Waals surface area contributed by atoms with Crippen LogP contribution < -0.4 is 10.1 Å². The maximum atomic E-state index is 5.82. The predicted molar refractivity (Wildman–Crippen MR) is 92.7 cm³/mol. The predicted octanol–water partition coefficient (Wildman–Crippen LogP) is 3.27. The number of rotatable bonds is 8. The van der Waals surface area contributed by atoms with Crippen LogP contribution in [0.5, 0.6) is 5.75 Å². The summed E-state index contributed by atoms with van der Waals surface area (Å²) >= 11 is 0. The minimum absolute atomic E-state index is 0.508. The molecule has 0 fully saturated rings. The minimum Gasteiger partial charge on any atom is -0.489 e. The fourth-order valence-corrected chi connectivity index (χ4v) is 2.29. The third kappa shape index (κ3) is 4.55. The summed E-state index contributed by atoms with van der Waals surface area (Å²) in [6.45, 7) is 4.16. The van der Waals surface area contributed by atoms with Crippen molar-refractivity contribution in [1.29, 1.82) is 0 Å². The van der Waals surface area contributed by atoms with Crippen molar-refractivity contribution in [1.82, 2.24) is 19.7 Å². The summed E-state index contributed by atoms with van der Waals surface area (Å²) in [6, 6.07) is 11.9. The molecule has 0 aliphatic heterocycles. The van der Waals surface area contributed by atoms with E-state index >= 15 is 0 Å². The number of ether oxygens (including phenoxy) is 1. The van der Waals surface area contributed by atoms with Gasteiger partial charge in [0.2, 0.25) is 5.95 Å². The number of nitrogens with zero attached hydrogens (tertiary/aromatic N) is 4. The number of hydrogen-bond donors (Lipinski definition) is 1. The zero-order valence-corrected chi connectivity index (χ0v) is 13.7. The smallest absolute Gasteiger partial charge is 0.242 e. The Balaban J connectivity index is 1.54. The number of benzene rings is 1. The lowest BCUT2D eigenvalue weighted by Crippen LogP contribution is -2.03. The fourth-order valence-electron chi connectivity index (χ4n) is 2.29. The van der Waals surface area contributed by atoms with E-state index in [-0.39, 0.29) is 0 Å². The lowest BCUT2D eigenvalue weighted by atomic mass is 10.2. The highest BCUT2D eigenvalue weighted by molar-refractivity contribution is 5.32. The van der Waals surface area contributed by atoms with Crippen LogP contribution in [0.15, 0.2) is 55.1 Å². The molecular formula is C18H21N5O. The lowest BCUT2D eigenvalue weighted by molar-refractivity contribution is 0.305. The van der Waals surface area contributed by atoms with E-state index in [1.54, 1.807) is 12.5 Å². The Morgan fingerprint density at radius 3 is 2.92 bits per heavy atom. The second-order valence-electron chi connectivity index (χ2n) is 5.48. The van der Waals surface area contributed by atoms with Gasteiger partial charge in [0.05, 0.1) is 0 Å². The second kappa shape index (κ2) is 8.10. The summed E-state index contributed by atoms with van der Waals surface area (Å²) in [7, 11) is 0. The summed E-state index contributed by atoms with van der Waals surface area (Å²) in [6.07, 6.45) is 6.35. The molecular weight excluding hydrogens is 302 g/mol. The Kier molecular flexibility index (Phi) is 5.40. The highest BCUT2D eigenvalue weighted by Gasteiger charge is 2.02. The van der Waals surface area contributed by atoms with Gasteiger partial charge in [-0.1, -0.05) is 25.1 Å². The Bertz CT molecular complexity index is 757. The average Bonchev–Trinajstić information content (AvgIpc) is 3.07. The number of anilines is 1. The highest BCUT2D eigenvalue weighted by Crippen LogP contribution is 2.15. The molecule has 2 heterocycles. The van der Waals surface area contributed by atoms with E-state index in [1.807, 2.05) is 47.3 Å². The molecule has 124 valence electrons. The van der Waals surface area contributed by atoms with E-state index in [9.17, 15) is 0 Å². The zero-order valence-electron chi connectivity index (χ0n) is 13.7. The van der Waals surface area contributed by atoms with Crippen molar-refractivity contribution in [3.05, 3.63) is 66.2 Å². The van der Waals surface area contributed by atoms with Gasteiger partial charge in [0, 0.05) is 31.0 Å². The number of hydrogen-bond acceptors (Lipinski definition) is 5. The molecule has 1 aromatic carbocycles. The molecule has 0 amide bonds. The molecule has 0 spiro atoms. The molecule has 3 aromatic rings. The first-order valence-electron chi connectivity index (χ1n) is 8.07. The van der Waals surface area contributed by atoms with Gasteiger partial charge in [0.15, 0.2) is 0 Å². The maximum absolute atomic E-state index is 5.82. The molecule has 2 aromatic heterocycles. The Labute approximate surface area is 141 Å². The van der Waals surface area contributed by atoms with Crippen molar-refractivity contribution in [3.8, 4) is 5.75 Å². The molecule has 0 atom stereocenters. The van der Waals surface area contributed by atoms with Crippen molar-refractivity contribution in [2.75, 3.05) is 5.32 Å². The Morgan fingerprint density at radius 2 is 2.08 bits per heavy atom. The lowest BCUT2D eigenvalue weighted by Gasteiger charge is -2.08. The normalized spacial score (nSPS) is 10.5. The van der Waals surface area contributed by atoms with Crippen LogP contribution in [0.1, 0.15) is 24.5 Å². The number of pyridine rings is 1. The van der Waals surface area contributed by atoms with E-state index in [4.69, 9.17) is 4.74 Å². The summed E-state index contributed by atoms with van der Waals surface area (Å²) in [5, 5.41) is 7.60. The molecule has 0 radical (unpaired) electrons. The molecule has 0 bridgehead atoms. The van der Waals surface area contributed by atoms with E-state index in [2.05, 4.69) is 27.3 Å². The van der Waals surface area contributed by atoms with E-state index in [0.29, 0.717) is 19.1 Å². The topological polar surface area (TPSA) is 64.9 Å². The van der Waals surface area contributed by atoms with Crippen LogP contribution in [-0.4, -0.2) is 19.7 Å². The van der Waals surface area contributed by atoms with Gasteiger partial charge in [-0.25, -0.2) is 4.98 Å². The Morgan fingerprint density at radius 1 is 1.17 bits per heavy atom. The van der Waals surface area contributed by atoms with Gasteiger partial charge in [-0.2, -0.15) is 0 Å². The third-order valence-corrected chi connectivity index (χ3v) is 3.47. The van der Waals surface area contributed by atoms with E-state index in [1.165, 1.54) is 0 Å². The van der Waals surface area contributed by atoms with Gasteiger partial charge >= 0.3 is 0 Å². The monoisotopic (exact) mass is 323 g/mol. The minimum atomic E-state index is 0.508. The van der Waals surface area contributed by atoms with Gasteiger partial charge in [-0.3, -0.25) is 9.67 Å². The van der Waals surface area contributed by atoms with Crippen molar-refractivity contribution >= 4 is 5.95 Å². The quantitative estimate of drug-likeness (QED) is 0.689. The number of aromatic nitrogens is 4. The van der Waals surface area contributed by atoms with Crippen molar-refractivity contribution in [2.45, 2.75) is 33.0 Å². The molecule has 1 N–H and O–H groups in total. The van der Waals surface area contributed by atoms with Crippen LogP contribution >= 0.6 is 0 Å². The van der Waals surface area contributed by atoms with Gasteiger partial charge in [-0.05, 0) is 30.2 Å². The number of nitrogens with one attached hydrogen (secondary N) is 1. The second-order valence-corrected chi connectivity index (χ2v) is 5.48. The van der Waals surface area contributed by atoms with E-state index in [0.717, 1.165) is 29.8 Å². The molecule has 0 saturated carbocycles. The molecule has 24 heavy (non-hydrogen) atoms. The number of aryl methyl sites for hydroxylation is 1. The van der Waals surface area contributed by atoms with Crippen LogP contribution in [0.4, 0.5) is 5.95 Å². The Hall–Kier alpha value is -2.89. The molecule has 6 nitrogen and oxygen atoms in total. The first kappa shape index (κ1) is 16.0. The molecule has 0 unspecified atom stereocenters. The van der Waals surface area contributed by atoms with E-state index < -0.39 is 0 Å². The maximum Gasteiger partial charge on any atom is 0.242 e. The molecule has 0 aliphatic rings. The van der Waals surface area contributed by atoms with Crippen molar-refractivity contribution in [3.63, 3.8) is 0 Å². The summed E-state index contributed by atoms with van der Waals surface area (Å²) < 4.78 is 7.66. The first-order valence-corrected chi connectivity index (χ1v) is 8.07. The summed E-state index contributed by atoms with van der Waals surface area (Å²) in [4.78, 5) is 8.34. The van der Waals surface area contributed by atoms with Crippen molar-refractivity contribution in [2.24, 2.45) is 0 Å². The molecule has 0 aliphatic carbocycles. The summed E-state index contributed by atoms with van der Waals surface area (Å²) in [5.41, 5.74) is 2.16. The zero-order chi connectivity index (χ0) is 16.6. The first-order chi connectivity index (χ1) is 11.8. The van der Waals surface area contributed by atoms with Crippen molar-refractivity contribution < 1.29 is 4.74 Å². The molecule has 6 heteroatoms. The highest BCUT2D eigenvalue weighted by atomic mass is 16.5. The largest absolute Gasteiger partial charge is 0.489 e. The van der Waals surface area contributed by atoms with Crippen LogP contribution in [0.2, 0.25) is 0 Å². The summed E-state index contributed by atoms with van der Waals surface area (Å²) in [5.74, 6) is 1.48. The van der Waals surface area contributed by atoms with Crippen LogP contribution in [0, 0.1) is 0 Å². The van der Waals surface area contributed by atoms with Gasteiger partial charge in [-0.15, -0.1) is 5.10 Å². The fraction of sp³-hybridized carbons (Fsp3) is 0.278. The molecule has 3 rings (SSSR count). The van der Waals surface area contributed by atoms with Gasteiger partial charge in [0.25, 0.3) is 0 Å². The van der Waals surface area contributed by atoms with Gasteiger partial charge in [0.1, 0.15) is 18.7 Å². The van der Waals surface area contributed by atoms with Crippen LogP contribution in [0.3, 0.4) is 0 Å². The van der Waals surface area contributed by atoms with Gasteiger partial charge < -0.3 is 10.1 Å². The third-order valence-electron chi connectivity index (χ3n) is 3.47. The average molecular weight is 323 g/mol.